The molecule has 4 atom stereocenters. The molecule has 1 aliphatic rings. The summed E-state index contributed by atoms with van der Waals surface area (Å²) < 4.78 is 65.5. The first-order chi connectivity index (χ1) is 15.3. The lowest BCUT2D eigenvalue weighted by Crippen LogP contribution is -2.40. The van der Waals surface area contributed by atoms with E-state index >= 15 is 0 Å². The van der Waals surface area contributed by atoms with E-state index in [9.17, 15) is 27.8 Å². The van der Waals surface area contributed by atoms with E-state index < -0.39 is 48.1 Å². The molecule has 0 radical (unpaired) electrons. The fourth-order valence-corrected chi connectivity index (χ4v) is 3.85. The molecule has 0 saturated heterocycles. The Bertz CT molecular complexity index is 980. The maximum Gasteiger partial charge on any atom is 0.181 e. The van der Waals surface area contributed by atoms with Gasteiger partial charge in [-0.25, -0.2) is 17.6 Å². The number of aliphatic hydroxyl groups is 2. The van der Waals surface area contributed by atoms with Gasteiger partial charge in [0, 0.05) is 36.1 Å². The Morgan fingerprint density at radius 1 is 0.625 bits per heavy atom. The molecule has 168 valence electrons. The highest BCUT2D eigenvalue weighted by atomic mass is 19.1. The molecule has 0 amide bonds. The molecule has 1 aliphatic carbocycles. The van der Waals surface area contributed by atoms with E-state index in [2.05, 4.69) is 0 Å². The molecule has 2 N–H and O–H groups in total. The first-order valence-electron chi connectivity index (χ1n) is 9.94. The van der Waals surface area contributed by atoms with E-state index in [-0.39, 0.29) is 24.0 Å². The summed E-state index contributed by atoms with van der Waals surface area (Å²) in [6.07, 6.45) is -4.41. The van der Waals surface area contributed by atoms with Gasteiger partial charge in [-0.15, -0.1) is 0 Å². The number of halogens is 4. The Morgan fingerprint density at radius 2 is 0.969 bits per heavy atom. The molecule has 32 heavy (non-hydrogen) atoms. The van der Waals surface area contributed by atoms with Crippen LogP contribution in [0.5, 0.6) is 0 Å². The van der Waals surface area contributed by atoms with Gasteiger partial charge in [-0.2, -0.15) is 0 Å². The minimum Gasteiger partial charge on any atom is -0.364 e. The number of ether oxygens (including phenoxy) is 2. The van der Waals surface area contributed by atoms with Gasteiger partial charge in [0.25, 0.3) is 0 Å². The second-order valence-corrected chi connectivity index (χ2v) is 7.64. The molecule has 0 heterocycles. The highest BCUT2D eigenvalue weighted by Crippen LogP contribution is 2.32. The zero-order chi connectivity index (χ0) is 22.8. The van der Waals surface area contributed by atoms with Crippen LogP contribution in [-0.4, -0.2) is 22.4 Å². The third kappa shape index (κ3) is 5.16. The van der Waals surface area contributed by atoms with Gasteiger partial charge in [-0.05, 0) is 35.4 Å². The van der Waals surface area contributed by atoms with Crippen LogP contribution in [-0.2, 0) is 22.3 Å². The third-order valence-corrected chi connectivity index (χ3v) is 5.32. The number of hydrogen-bond donors (Lipinski definition) is 2. The molecule has 0 bridgehead atoms. The Hall–Kier alpha value is -2.78. The lowest BCUT2D eigenvalue weighted by atomic mass is 9.87. The van der Waals surface area contributed by atoms with Crippen molar-refractivity contribution >= 4 is 0 Å². The fourth-order valence-electron chi connectivity index (χ4n) is 3.85. The average Bonchev–Trinajstić information content (AvgIpc) is 2.72. The highest BCUT2D eigenvalue weighted by molar-refractivity contribution is 5.31. The maximum atomic E-state index is 13.5. The van der Waals surface area contributed by atoms with Gasteiger partial charge in [0.2, 0.25) is 0 Å². The lowest BCUT2D eigenvalue weighted by molar-refractivity contribution is -0.219. The smallest absolute Gasteiger partial charge is 0.181 e. The summed E-state index contributed by atoms with van der Waals surface area (Å²) in [5.41, 5.74) is 1.60. The molecule has 0 fully saturated rings. The topological polar surface area (TPSA) is 58.9 Å². The quantitative estimate of drug-likeness (QED) is 0.431. The number of hydrogen-bond acceptors (Lipinski definition) is 4. The molecule has 3 aromatic carbocycles. The number of fused-ring (bicyclic) bond motifs is 1. The molecule has 8 heteroatoms. The Labute approximate surface area is 181 Å². The SMILES string of the molecule is OC(OC1Cc2ccccc2CC1OC(O)c1cc(F)cc(F)c1)c1cc(F)cc(F)c1. The van der Waals surface area contributed by atoms with E-state index in [1.165, 1.54) is 0 Å². The van der Waals surface area contributed by atoms with Crippen molar-refractivity contribution in [1.29, 1.82) is 0 Å². The molecule has 4 nitrogen and oxygen atoms in total. The summed E-state index contributed by atoms with van der Waals surface area (Å²) in [6, 6.07) is 12.6. The predicted octanol–water partition coefficient (Wildman–Crippen LogP) is 4.49. The molecule has 0 aromatic heterocycles. The molecule has 4 unspecified atom stereocenters. The summed E-state index contributed by atoms with van der Waals surface area (Å²) in [6.45, 7) is 0. The summed E-state index contributed by atoms with van der Waals surface area (Å²) in [7, 11) is 0. The Balaban J connectivity index is 1.57. The Kier molecular flexibility index (Phi) is 6.57. The van der Waals surface area contributed by atoms with Crippen molar-refractivity contribution in [2.24, 2.45) is 0 Å². The summed E-state index contributed by atoms with van der Waals surface area (Å²) in [5.74, 6) is -3.47. The van der Waals surface area contributed by atoms with Crippen molar-refractivity contribution in [1.82, 2.24) is 0 Å². The average molecular weight is 448 g/mol. The maximum absolute atomic E-state index is 13.5. The highest BCUT2D eigenvalue weighted by Gasteiger charge is 2.34. The van der Waals surface area contributed by atoms with Crippen LogP contribution >= 0.6 is 0 Å². The number of benzene rings is 3. The zero-order valence-electron chi connectivity index (χ0n) is 16.7. The zero-order valence-corrected chi connectivity index (χ0v) is 16.7. The molecule has 4 rings (SSSR count). The molecular weight excluding hydrogens is 428 g/mol. The van der Waals surface area contributed by atoms with E-state index in [1.54, 1.807) is 0 Å². The first-order valence-corrected chi connectivity index (χ1v) is 9.94. The van der Waals surface area contributed by atoms with Gasteiger partial charge in [0.05, 0.1) is 12.2 Å². The monoisotopic (exact) mass is 448 g/mol. The van der Waals surface area contributed by atoms with Crippen molar-refractivity contribution in [3.05, 3.63) is 106 Å². The Morgan fingerprint density at radius 3 is 1.31 bits per heavy atom. The van der Waals surface area contributed by atoms with Crippen molar-refractivity contribution in [3.63, 3.8) is 0 Å². The number of rotatable bonds is 6. The van der Waals surface area contributed by atoms with Crippen LogP contribution < -0.4 is 0 Å². The lowest BCUT2D eigenvalue weighted by Gasteiger charge is -2.35. The fraction of sp³-hybridized carbons (Fsp3) is 0.250. The van der Waals surface area contributed by atoms with E-state index in [4.69, 9.17) is 9.47 Å². The van der Waals surface area contributed by atoms with Crippen molar-refractivity contribution in [2.45, 2.75) is 37.6 Å². The van der Waals surface area contributed by atoms with Crippen LogP contribution in [0.25, 0.3) is 0 Å². The van der Waals surface area contributed by atoms with Crippen LogP contribution in [0.15, 0.2) is 60.7 Å². The first kappa shape index (κ1) is 22.4. The second kappa shape index (κ2) is 9.38. The summed E-state index contributed by atoms with van der Waals surface area (Å²) >= 11 is 0. The minimum atomic E-state index is -1.66. The van der Waals surface area contributed by atoms with Gasteiger partial charge in [0.15, 0.2) is 12.6 Å². The van der Waals surface area contributed by atoms with Crippen LogP contribution in [0.4, 0.5) is 17.6 Å². The van der Waals surface area contributed by atoms with Gasteiger partial charge in [-0.1, -0.05) is 24.3 Å². The summed E-state index contributed by atoms with van der Waals surface area (Å²) in [4.78, 5) is 0. The van der Waals surface area contributed by atoms with E-state index in [1.807, 2.05) is 24.3 Å². The third-order valence-electron chi connectivity index (χ3n) is 5.32. The van der Waals surface area contributed by atoms with Crippen LogP contribution in [0.3, 0.4) is 0 Å². The minimum absolute atomic E-state index is 0.118. The van der Waals surface area contributed by atoms with Crippen molar-refractivity contribution in [3.8, 4) is 0 Å². The van der Waals surface area contributed by atoms with Gasteiger partial charge >= 0.3 is 0 Å². The van der Waals surface area contributed by atoms with Crippen LogP contribution in [0.2, 0.25) is 0 Å². The van der Waals surface area contributed by atoms with Gasteiger partial charge < -0.3 is 19.7 Å². The van der Waals surface area contributed by atoms with Crippen LogP contribution in [0.1, 0.15) is 34.8 Å². The molecule has 0 spiro atoms. The van der Waals surface area contributed by atoms with Crippen molar-refractivity contribution in [2.75, 3.05) is 0 Å². The largest absolute Gasteiger partial charge is 0.364 e. The van der Waals surface area contributed by atoms with Crippen LogP contribution in [0, 0.1) is 23.3 Å². The second-order valence-electron chi connectivity index (χ2n) is 7.64. The summed E-state index contributed by atoms with van der Waals surface area (Å²) in [5, 5.41) is 20.9. The molecular formula is C24H20F4O4. The molecule has 3 aromatic rings. The predicted molar refractivity (Wildman–Crippen MR) is 106 cm³/mol. The molecule has 0 saturated carbocycles. The van der Waals surface area contributed by atoms with E-state index in [0.717, 1.165) is 35.4 Å². The molecule has 0 aliphatic heterocycles. The van der Waals surface area contributed by atoms with Gasteiger partial charge in [-0.3, -0.25) is 0 Å². The standard InChI is InChI=1S/C24H20F4O4/c25-17-5-15(6-18(26)11-17)23(29)31-21-9-13-3-1-2-4-14(13)10-22(21)32-24(30)16-7-19(27)12-20(28)8-16/h1-8,11-12,21-24,29-30H,9-10H2. The van der Waals surface area contributed by atoms with E-state index in [0.29, 0.717) is 12.1 Å². The normalized spacial score (nSPS) is 19.9. The number of aliphatic hydroxyl groups excluding tert-OH is 2. The van der Waals surface area contributed by atoms with Gasteiger partial charge in [0.1, 0.15) is 23.3 Å². The van der Waals surface area contributed by atoms with Crippen molar-refractivity contribution < 1.29 is 37.2 Å².